The summed E-state index contributed by atoms with van der Waals surface area (Å²) in [7, 11) is 1.31. The number of methoxy groups -OCH3 is 1. The SMILES string of the molecule is COC(=O)c1cc(CO)cn1-c1ccccc1Cl. The average molecular weight is 266 g/mol. The van der Waals surface area contributed by atoms with Crippen LogP contribution in [0, 0.1) is 0 Å². The fourth-order valence-electron chi connectivity index (χ4n) is 1.71. The number of carbonyl (C=O) groups is 1. The highest BCUT2D eigenvalue weighted by Gasteiger charge is 2.16. The molecule has 0 bridgehead atoms. The van der Waals surface area contributed by atoms with Gasteiger partial charge in [-0.3, -0.25) is 0 Å². The minimum atomic E-state index is -0.477. The average Bonchev–Trinajstić information content (AvgIpc) is 2.82. The zero-order chi connectivity index (χ0) is 13.1. The van der Waals surface area contributed by atoms with Crippen molar-refractivity contribution in [1.29, 1.82) is 0 Å². The van der Waals surface area contributed by atoms with Crippen LogP contribution in [0.15, 0.2) is 36.5 Å². The molecule has 0 spiro atoms. The summed E-state index contributed by atoms with van der Waals surface area (Å²) in [5.74, 6) is -0.477. The number of rotatable bonds is 3. The molecule has 4 nitrogen and oxygen atoms in total. The molecule has 0 unspecified atom stereocenters. The van der Waals surface area contributed by atoms with Crippen LogP contribution < -0.4 is 0 Å². The lowest BCUT2D eigenvalue weighted by Gasteiger charge is -2.09. The van der Waals surface area contributed by atoms with E-state index >= 15 is 0 Å². The van der Waals surface area contributed by atoms with Crippen molar-refractivity contribution >= 4 is 17.6 Å². The lowest BCUT2D eigenvalue weighted by Crippen LogP contribution is -2.08. The van der Waals surface area contributed by atoms with Crippen molar-refractivity contribution in [3.63, 3.8) is 0 Å². The first kappa shape index (κ1) is 12.7. The Morgan fingerprint density at radius 2 is 2.17 bits per heavy atom. The molecule has 5 heteroatoms. The number of hydrogen-bond donors (Lipinski definition) is 1. The van der Waals surface area contributed by atoms with Gasteiger partial charge in [0, 0.05) is 6.20 Å². The van der Waals surface area contributed by atoms with E-state index in [1.165, 1.54) is 7.11 Å². The molecule has 2 rings (SSSR count). The lowest BCUT2D eigenvalue weighted by atomic mass is 10.3. The molecule has 0 saturated heterocycles. The summed E-state index contributed by atoms with van der Waals surface area (Å²) in [6.45, 7) is -0.151. The molecule has 1 aromatic carbocycles. The number of benzene rings is 1. The lowest BCUT2D eigenvalue weighted by molar-refractivity contribution is 0.0591. The Morgan fingerprint density at radius 3 is 2.78 bits per heavy atom. The molecular weight excluding hydrogens is 254 g/mol. The van der Waals surface area contributed by atoms with Gasteiger partial charge >= 0.3 is 5.97 Å². The molecule has 0 aliphatic heterocycles. The van der Waals surface area contributed by atoms with E-state index in [1.807, 2.05) is 6.07 Å². The van der Waals surface area contributed by atoms with Gasteiger partial charge in [0.2, 0.25) is 0 Å². The number of carbonyl (C=O) groups excluding carboxylic acids is 1. The Bertz CT molecular complexity index is 577. The first-order valence-corrected chi connectivity index (χ1v) is 5.70. The third-order valence-electron chi connectivity index (χ3n) is 2.57. The van der Waals surface area contributed by atoms with Crippen LogP contribution in [0.3, 0.4) is 0 Å². The van der Waals surface area contributed by atoms with Crippen LogP contribution in [0.1, 0.15) is 16.1 Å². The van der Waals surface area contributed by atoms with Crippen molar-refractivity contribution in [2.75, 3.05) is 7.11 Å². The van der Waals surface area contributed by atoms with Crippen LogP contribution in [0.4, 0.5) is 0 Å². The van der Waals surface area contributed by atoms with Gasteiger partial charge in [0.25, 0.3) is 0 Å². The van der Waals surface area contributed by atoms with Gasteiger partial charge in [-0.2, -0.15) is 0 Å². The maximum atomic E-state index is 11.7. The van der Waals surface area contributed by atoms with Gasteiger partial charge in [-0.1, -0.05) is 23.7 Å². The molecule has 1 aromatic heterocycles. The monoisotopic (exact) mass is 265 g/mol. The molecule has 94 valence electrons. The molecule has 0 aliphatic rings. The van der Waals surface area contributed by atoms with E-state index in [1.54, 1.807) is 35.0 Å². The Kier molecular flexibility index (Phi) is 3.69. The summed E-state index contributed by atoms with van der Waals surface area (Å²) < 4.78 is 6.32. The van der Waals surface area contributed by atoms with Gasteiger partial charge in [0.15, 0.2) is 0 Å². The number of esters is 1. The number of aliphatic hydroxyl groups excluding tert-OH is 1. The second-order valence-electron chi connectivity index (χ2n) is 3.70. The Balaban J connectivity index is 2.59. The van der Waals surface area contributed by atoms with Crippen LogP contribution in [0.2, 0.25) is 5.02 Å². The summed E-state index contributed by atoms with van der Waals surface area (Å²) in [5.41, 5.74) is 1.62. The molecule has 1 N–H and O–H groups in total. The standard InChI is InChI=1S/C13H12ClNO3/c1-18-13(17)12-6-9(8-16)7-15(12)11-5-3-2-4-10(11)14/h2-7,16H,8H2,1H3. The van der Waals surface area contributed by atoms with Gasteiger partial charge in [-0.05, 0) is 23.8 Å². The molecule has 0 aliphatic carbocycles. The van der Waals surface area contributed by atoms with Gasteiger partial charge in [-0.25, -0.2) is 4.79 Å². The molecule has 0 saturated carbocycles. The zero-order valence-corrected chi connectivity index (χ0v) is 10.5. The third kappa shape index (κ3) is 2.25. The fourth-order valence-corrected chi connectivity index (χ4v) is 1.94. The van der Waals surface area contributed by atoms with Crippen LogP contribution >= 0.6 is 11.6 Å². The number of halogens is 1. The smallest absolute Gasteiger partial charge is 0.355 e. The van der Waals surface area contributed by atoms with Crippen LogP contribution in [0.5, 0.6) is 0 Å². The van der Waals surface area contributed by atoms with Gasteiger partial charge in [0.1, 0.15) is 5.69 Å². The first-order chi connectivity index (χ1) is 8.67. The molecule has 0 radical (unpaired) electrons. The van der Waals surface area contributed by atoms with Gasteiger partial charge < -0.3 is 14.4 Å². The highest BCUT2D eigenvalue weighted by molar-refractivity contribution is 6.32. The Morgan fingerprint density at radius 1 is 1.44 bits per heavy atom. The van der Waals surface area contributed by atoms with Crippen molar-refractivity contribution < 1.29 is 14.6 Å². The number of nitrogens with zero attached hydrogens (tertiary/aromatic N) is 1. The molecule has 2 aromatic rings. The first-order valence-electron chi connectivity index (χ1n) is 5.32. The fraction of sp³-hybridized carbons (Fsp3) is 0.154. The van der Waals surface area contributed by atoms with E-state index in [0.29, 0.717) is 22.0 Å². The zero-order valence-electron chi connectivity index (χ0n) is 9.76. The molecule has 0 fully saturated rings. The number of para-hydroxylation sites is 1. The van der Waals surface area contributed by atoms with E-state index in [2.05, 4.69) is 0 Å². The number of aliphatic hydroxyl groups is 1. The van der Waals surface area contributed by atoms with Crippen molar-refractivity contribution in [3.05, 3.63) is 52.8 Å². The van der Waals surface area contributed by atoms with Crippen molar-refractivity contribution in [2.45, 2.75) is 6.61 Å². The van der Waals surface area contributed by atoms with E-state index in [-0.39, 0.29) is 6.61 Å². The van der Waals surface area contributed by atoms with Crippen molar-refractivity contribution in [3.8, 4) is 5.69 Å². The predicted molar refractivity (Wildman–Crippen MR) is 68.0 cm³/mol. The minimum Gasteiger partial charge on any atom is -0.464 e. The highest BCUT2D eigenvalue weighted by Crippen LogP contribution is 2.23. The molecular formula is C13H12ClNO3. The quantitative estimate of drug-likeness (QED) is 0.867. The largest absolute Gasteiger partial charge is 0.464 e. The Labute approximate surface area is 109 Å². The van der Waals surface area contributed by atoms with Crippen LogP contribution in [0.25, 0.3) is 5.69 Å². The predicted octanol–water partition coefficient (Wildman–Crippen LogP) is 2.41. The third-order valence-corrected chi connectivity index (χ3v) is 2.89. The normalized spacial score (nSPS) is 10.4. The van der Waals surface area contributed by atoms with E-state index in [9.17, 15) is 4.79 Å². The maximum absolute atomic E-state index is 11.7. The van der Waals surface area contributed by atoms with Crippen molar-refractivity contribution in [1.82, 2.24) is 4.57 Å². The molecule has 0 atom stereocenters. The number of hydrogen-bond acceptors (Lipinski definition) is 3. The minimum absolute atomic E-state index is 0.151. The summed E-state index contributed by atoms with van der Waals surface area (Å²) in [6, 6.07) is 8.72. The molecule has 1 heterocycles. The summed E-state index contributed by atoms with van der Waals surface area (Å²) in [5, 5.41) is 9.66. The summed E-state index contributed by atoms with van der Waals surface area (Å²) in [4.78, 5) is 11.7. The molecule has 0 amide bonds. The second kappa shape index (κ2) is 5.25. The Hall–Kier alpha value is -1.78. The van der Waals surface area contributed by atoms with Crippen molar-refractivity contribution in [2.24, 2.45) is 0 Å². The van der Waals surface area contributed by atoms with E-state index in [0.717, 1.165) is 0 Å². The topological polar surface area (TPSA) is 51.5 Å². The highest BCUT2D eigenvalue weighted by atomic mass is 35.5. The number of aromatic nitrogens is 1. The van der Waals surface area contributed by atoms with Crippen LogP contribution in [-0.2, 0) is 11.3 Å². The summed E-state index contributed by atoms with van der Waals surface area (Å²) >= 11 is 6.10. The van der Waals surface area contributed by atoms with Gasteiger partial charge in [-0.15, -0.1) is 0 Å². The van der Waals surface area contributed by atoms with Crippen LogP contribution in [-0.4, -0.2) is 22.8 Å². The van der Waals surface area contributed by atoms with E-state index < -0.39 is 5.97 Å². The van der Waals surface area contributed by atoms with Gasteiger partial charge in [0.05, 0.1) is 24.4 Å². The second-order valence-corrected chi connectivity index (χ2v) is 4.11. The van der Waals surface area contributed by atoms with E-state index in [4.69, 9.17) is 21.4 Å². The molecule has 18 heavy (non-hydrogen) atoms. The summed E-state index contributed by atoms with van der Waals surface area (Å²) in [6.07, 6.45) is 1.66. The maximum Gasteiger partial charge on any atom is 0.355 e. The number of ether oxygens (including phenoxy) is 1.